The highest BCUT2D eigenvalue weighted by atomic mass is 16.6. The fraction of sp³-hybridized carbons (Fsp3) is 0.750. The molecule has 21 heavy (non-hydrogen) atoms. The molecule has 0 aliphatic rings. The largest absolute Gasteiger partial charge is 0.449 e. The number of carbonyl (C=O) groups excluding carboxylic acids is 2. The van der Waals surface area contributed by atoms with Crippen LogP contribution in [0.25, 0.3) is 0 Å². The van der Waals surface area contributed by atoms with Crippen LogP contribution in [0.2, 0.25) is 0 Å². The molecule has 0 aliphatic heterocycles. The molecule has 0 heterocycles. The maximum absolute atomic E-state index is 12.0. The molecule has 0 fully saturated rings. The number of nitrogens with zero attached hydrogens (tertiary/aromatic N) is 1. The van der Waals surface area contributed by atoms with E-state index in [-0.39, 0.29) is 18.5 Å². The second kappa shape index (κ2) is 9.55. The highest BCUT2D eigenvalue weighted by Crippen LogP contribution is 2.20. The van der Waals surface area contributed by atoms with Crippen molar-refractivity contribution in [3.8, 4) is 0 Å². The van der Waals surface area contributed by atoms with Crippen LogP contribution in [0.3, 0.4) is 0 Å². The first kappa shape index (κ1) is 19.6. The van der Waals surface area contributed by atoms with Gasteiger partial charge in [0.05, 0.1) is 13.2 Å². The van der Waals surface area contributed by atoms with Crippen molar-refractivity contribution in [2.75, 3.05) is 26.3 Å². The van der Waals surface area contributed by atoms with Gasteiger partial charge in [-0.15, -0.1) is 0 Å². The molecule has 0 saturated carbocycles. The summed E-state index contributed by atoms with van der Waals surface area (Å²) in [6, 6.07) is 0. The van der Waals surface area contributed by atoms with E-state index in [0.29, 0.717) is 38.1 Å². The van der Waals surface area contributed by atoms with E-state index in [1.54, 1.807) is 18.7 Å². The summed E-state index contributed by atoms with van der Waals surface area (Å²) >= 11 is 0. The van der Waals surface area contributed by atoms with Crippen molar-refractivity contribution >= 4 is 11.9 Å². The van der Waals surface area contributed by atoms with Gasteiger partial charge in [0.2, 0.25) is 0 Å². The maximum Gasteiger partial charge on any atom is 0.409 e. The minimum atomic E-state index is -0.839. The Morgan fingerprint density at radius 3 is 2.14 bits per heavy atom. The number of hydrogen-bond donors (Lipinski definition) is 0. The van der Waals surface area contributed by atoms with Crippen molar-refractivity contribution in [3.63, 3.8) is 0 Å². The Hall–Kier alpha value is -1.36. The summed E-state index contributed by atoms with van der Waals surface area (Å²) in [7, 11) is 0. The molecular weight excluding hydrogens is 270 g/mol. The fourth-order valence-corrected chi connectivity index (χ4v) is 1.87. The van der Waals surface area contributed by atoms with Crippen molar-refractivity contribution in [1.29, 1.82) is 0 Å². The molecule has 0 rings (SSSR count). The van der Waals surface area contributed by atoms with E-state index in [1.807, 2.05) is 20.8 Å². The SMILES string of the molecule is C=C(C)C(=O)C(C)(CC)OCCCOC(=O)N(CC)CC. The first-order chi connectivity index (χ1) is 9.82. The Kier molecular flexibility index (Phi) is 8.93. The third kappa shape index (κ3) is 6.29. The van der Waals surface area contributed by atoms with Crippen LogP contribution in [0.15, 0.2) is 12.2 Å². The maximum atomic E-state index is 12.0. The Balaban J connectivity index is 4.11. The summed E-state index contributed by atoms with van der Waals surface area (Å²) in [5, 5.41) is 0. The average molecular weight is 299 g/mol. The van der Waals surface area contributed by atoms with Crippen molar-refractivity contribution in [3.05, 3.63) is 12.2 Å². The number of rotatable bonds is 10. The highest BCUT2D eigenvalue weighted by molar-refractivity contribution is 6.00. The third-order valence-electron chi connectivity index (χ3n) is 3.50. The van der Waals surface area contributed by atoms with Crippen LogP contribution in [0.4, 0.5) is 4.79 Å². The van der Waals surface area contributed by atoms with Gasteiger partial charge in [-0.1, -0.05) is 13.5 Å². The van der Waals surface area contributed by atoms with E-state index in [4.69, 9.17) is 9.47 Å². The predicted octanol–water partition coefficient (Wildman–Crippen LogP) is 3.19. The lowest BCUT2D eigenvalue weighted by Crippen LogP contribution is -2.38. The minimum absolute atomic E-state index is 0.0786. The summed E-state index contributed by atoms with van der Waals surface area (Å²) in [6.07, 6.45) is 0.834. The molecule has 1 atom stereocenters. The number of hydrogen-bond acceptors (Lipinski definition) is 4. The second-order valence-corrected chi connectivity index (χ2v) is 5.18. The minimum Gasteiger partial charge on any atom is -0.449 e. The molecule has 0 aromatic carbocycles. The Labute approximate surface area is 128 Å². The topological polar surface area (TPSA) is 55.8 Å². The molecular formula is C16H29NO4. The smallest absolute Gasteiger partial charge is 0.409 e. The van der Waals surface area contributed by atoms with E-state index >= 15 is 0 Å². The van der Waals surface area contributed by atoms with E-state index in [1.165, 1.54) is 0 Å². The number of Topliss-reactive ketones (excluding diaryl/α,β-unsaturated/α-hetero) is 1. The van der Waals surface area contributed by atoms with Crippen LogP contribution < -0.4 is 0 Å². The van der Waals surface area contributed by atoms with Crippen molar-refractivity contribution < 1.29 is 19.1 Å². The predicted molar refractivity (Wildman–Crippen MR) is 83.4 cm³/mol. The van der Waals surface area contributed by atoms with Crippen LogP contribution in [0, 0.1) is 0 Å². The van der Waals surface area contributed by atoms with Crippen LogP contribution in [-0.4, -0.2) is 48.7 Å². The van der Waals surface area contributed by atoms with Gasteiger partial charge >= 0.3 is 6.09 Å². The molecule has 0 radical (unpaired) electrons. The number of ketones is 1. The lowest BCUT2D eigenvalue weighted by molar-refractivity contribution is -0.139. The van der Waals surface area contributed by atoms with Crippen LogP contribution >= 0.6 is 0 Å². The summed E-state index contributed by atoms with van der Waals surface area (Å²) < 4.78 is 10.8. The highest BCUT2D eigenvalue weighted by Gasteiger charge is 2.32. The first-order valence-electron chi connectivity index (χ1n) is 7.58. The molecule has 0 aliphatic carbocycles. The molecule has 0 saturated heterocycles. The zero-order chi connectivity index (χ0) is 16.5. The van der Waals surface area contributed by atoms with Crippen LogP contribution in [0.5, 0.6) is 0 Å². The normalized spacial score (nSPS) is 13.4. The molecule has 5 heteroatoms. The summed E-state index contributed by atoms with van der Waals surface area (Å²) in [6.45, 7) is 14.8. The van der Waals surface area contributed by atoms with Gasteiger partial charge in [-0.3, -0.25) is 4.79 Å². The zero-order valence-electron chi connectivity index (χ0n) is 14.0. The van der Waals surface area contributed by atoms with Gasteiger partial charge in [0.15, 0.2) is 5.78 Å². The molecule has 1 amide bonds. The monoisotopic (exact) mass is 299 g/mol. The van der Waals surface area contributed by atoms with E-state index < -0.39 is 5.60 Å². The van der Waals surface area contributed by atoms with Gasteiger partial charge in [0.25, 0.3) is 0 Å². The van der Waals surface area contributed by atoms with E-state index in [9.17, 15) is 9.59 Å². The van der Waals surface area contributed by atoms with E-state index in [0.717, 1.165) is 0 Å². The Morgan fingerprint density at radius 2 is 1.71 bits per heavy atom. The molecule has 0 bridgehead atoms. The number of amides is 1. The van der Waals surface area contributed by atoms with Gasteiger partial charge in [-0.2, -0.15) is 0 Å². The standard InChI is InChI=1S/C16H29NO4/c1-7-16(6,14(18)13(4)5)21-12-10-11-20-15(19)17(8-2)9-3/h4,7-12H2,1-3,5-6H3. The van der Waals surface area contributed by atoms with Crippen LogP contribution in [0.1, 0.15) is 47.5 Å². The van der Waals surface area contributed by atoms with Crippen molar-refractivity contribution in [2.45, 2.75) is 53.1 Å². The van der Waals surface area contributed by atoms with E-state index in [2.05, 4.69) is 6.58 Å². The summed E-state index contributed by atoms with van der Waals surface area (Å²) in [4.78, 5) is 25.2. The first-order valence-corrected chi connectivity index (χ1v) is 7.58. The quantitative estimate of drug-likeness (QED) is 0.459. The Morgan fingerprint density at radius 1 is 1.14 bits per heavy atom. The summed E-state index contributed by atoms with van der Waals surface area (Å²) in [5.41, 5.74) is -0.346. The molecule has 0 spiro atoms. The van der Waals surface area contributed by atoms with Gasteiger partial charge in [-0.25, -0.2) is 4.79 Å². The van der Waals surface area contributed by atoms with Gasteiger partial charge in [-0.05, 0) is 39.7 Å². The number of ether oxygens (including phenoxy) is 2. The average Bonchev–Trinajstić information content (AvgIpc) is 2.46. The van der Waals surface area contributed by atoms with Crippen molar-refractivity contribution in [1.82, 2.24) is 4.90 Å². The zero-order valence-corrected chi connectivity index (χ0v) is 14.0. The van der Waals surface area contributed by atoms with Crippen LogP contribution in [-0.2, 0) is 14.3 Å². The molecule has 1 unspecified atom stereocenters. The number of carbonyl (C=O) groups is 2. The fourth-order valence-electron chi connectivity index (χ4n) is 1.87. The summed E-state index contributed by atoms with van der Waals surface area (Å²) in [5.74, 6) is -0.0786. The van der Waals surface area contributed by atoms with Gasteiger partial charge in [0, 0.05) is 19.5 Å². The van der Waals surface area contributed by atoms with Gasteiger partial charge in [0.1, 0.15) is 5.60 Å². The Bertz CT molecular complexity index is 363. The molecule has 0 aromatic heterocycles. The lowest BCUT2D eigenvalue weighted by atomic mass is 9.93. The molecule has 0 aromatic rings. The van der Waals surface area contributed by atoms with Gasteiger partial charge < -0.3 is 14.4 Å². The lowest BCUT2D eigenvalue weighted by Gasteiger charge is -2.27. The second-order valence-electron chi connectivity index (χ2n) is 5.18. The molecule has 5 nitrogen and oxygen atoms in total. The third-order valence-corrected chi connectivity index (χ3v) is 3.50. The molecule has 0 N–H and O–H groups in total. The van der Waals surface area contributed by atoms with Crippen molar-refractivity contribution in [2.24, 2.45) is 0 Å². The molecule has 122 valence electrons.